The third-order valence-corrected chi connectivity index (χ3v) is 3.69. The van der Waals surface area contributed by atoms with Crippen molar-refractivity contribution in [3.63, 3.8) is 0 Å². The number of hydrogen-bond donors (Lipinski definition) is 1. The molecule has 0 saturated heterocycles. The second kappa shape index (κ2) is 6.79. The molecule has 1 heterocycles. The molecular weight excluding hydrogens is 321 g/mol. The van der Waals surface area contributed by atoms with E-state index in [0.29, 0.717) is 30.3 Å². The first-order chi connectivity index (χ1) is 9.61. The third kappa shape index (κ3) is 3.54. The first-order valence-electron chi connectivity index (χ1n) is 6.62. The van der Waals surface area contributed by atoms with Gasteiger partial charge in [-0.3, -0.25) is 0 Å². The molecule has 0 fully saturated rings. The Bertz CT molecular complexity index is 602. The molecular formula is C15H17BrFN3. The minimum absolute atomic E-state index is 0.293. The summed E-state index contributed by atoms with van der Waals surface area (Å²) in [5, 5.41) is 3.01. The third-order valence-electron chi connectivity index (χ3n) is 2.91. The number of benzene rings is 1. The molecule has 2 aromatic rings. The summed E-state index contributed by atoms with van der Waals surface area (Å²) in [6, 6.07) is 7.90. The summed E-state index contributed by atoms with van der Waals surface area (Å²) in [5.41, 5.74) is 1.46. The number of anilines is 1. The quantitative estimate of drug-likeness (QED) is 0.892. The lowest BCUT2D eigenvalue weighted by Gasteiger charge is -2.10. The average molecular weight is 338 g/mol. The second-order valence-corrected chi connectivity index (χ2v) is 5.44. The first kappa shape index (κ1) is 14.9. The standard InChI is InChI=1S/C15H17BrFN3/c1-3-8-18-15-14(17)10(2)19-13(20-15)9-11-6-4-5-7-12(11)16/h4-7H,3,8-9H2,1-2H3,(H,18,19,20). The van der Waals surface area contributed by atoms with Gasteiger partial charge in [0.2, 0.25) is 0 Å². The number of halogens is 2. The molecule has 0 saturated carbocycles. The lowest BCUT2D eigenvalue weighted by Crippen LogP contribution is -2.10. The van der Waals surface area contributed by atoms with Crippen molar-refractivity contribution in [3.8, 4) is 0 Å². The largest absolute Gasteiger partial charge is 0.368 e. The Morgan fingerprint density at radius 3 is 2.70 bits per heavy atom. The van der Waals surface area contributed by atoms with E-state index in [1.807, 2.05) is 31.2 Å². The molecule has 1 aromatic heterocycles. The second-order valence-electron chi connectivity index (χ2n) is 4.58. The van der Waals surface area contributed by atoms with Gasteiger partial charge in [-0.2, -0.15) is 0 Å². The Kier molecular flexibility index (Phi) is 5.06. The summed E-state index contributed by atoms with van der Waals surface area (Å²) in [4.78, 5) is 8.52. The normalized spacial score (nSPS) is 10.6. The van der Waals surface area contributed by atoms with Gasteiger partial charge in [0.05, 0.1) is 5.69 Å². The molecule has 0 spiro atoms. The SMILES string of the molecule is CCCNc1nc(Cc2ccccc2Br)nc(C)c1F. The lowest BCUT2D eigenvalue weighted by atomic mass is 10.1. The Balaban J connectivity index is 2.28. The molecule has 1 N–H and O–H groups in total. The number of nitrogens with zero attached hydrogens (tertiary/aromatic N) is 2. The van der Waals surface area contributed by atoms with E-state index in [-0.39, 0.29) is 5.82 Å². The Hall–Kier alpha value is -1.49. The summed E-state index contributed by atoms with van der Waals surface area (Å²) >= 11 is 3.50. The predicted molar refractivity (Wildman–Crippen MR) is 82.5 cm³/mol. The van der Waals surface area contributed by atoms with Crippen molar-refractivity contribution in [2.75, 3.05) is 11.9 Å². The van der Waals surface area contributed by atoms with Crippen LogP contribution in [0.5, 0.6) is 0 Å². The molecule has 0 aliphatic rings. The van der Waals surface area contributed by atoms with Gasteiger partial charge in [-0.25, -0.2) is 14.4 Å². The van der Waals surface area contributed by atoms with Crippen LogP contribution in [0.15, 0.2) is 28.7 Å². The number of aromatic nitrogens is 2. The highest BCUT2D eigenvalue weighted by atomic mass is 79.9. The van der Waals surface area contributed by atoms with Crippen molar-refractivity contribution < 1.29 is 4.39 Å². The van der Waals surface area contributed by atoms with Crippen molar-refractivity contribution in [1.82, 2.24) is 9.97 Å². The number of nitrogens with one attached hydrogen (secondary N) is 1. The van der Waals surface area contributed by atoms with Crippen LogP contribution in [0.2, 0.25) is 0 Å². The summed E-state index contributed by atoms with van der Waals surface area (Å²) in [7, 11) is 0. The van der Waals surface area contributed by atoms with Gasteiger partial charge in [0.25, 0.3) is 0 Å². The van der Waals surface area contributed by atoms with E-state index in [1.165, 1.54) is 0 Å². The zero-order valence-electron chi connectivity index (χ0n) is 11.6. The van der Waals surface area contributed by atoms with Gasteiger partial charge in [0.1, 0.15) is 5.82 Å². The molecule has 5 heteroatoms. The van der Waals surface area contributed by atoms with Gasteiger partial charge >= 0.3 is 0 Å². The van der Waals surface area contributed by atoms with Crippen molar-refractivity contribution in [2.45, 2.75) is 26.7 Å². The highest BCUT2D eigenvalue weighted by Crippen LogP contribution is 2.20. The van der Waals surface area contributed by atoms with Crippen LogP contribution in [0.25, 0.3) is 0 Å². The summed E-state index contributed by atoms with van der Waals surface area (Å²) in [6.45, 7) is 4.39. The zero-order chi connectivity index (χ0) is 14.5. The summed E-state index contributed by atoms with van der Waals surface area (Å²) < 4.78 is 14.9. The Labute approximate surface area is 126 Å². The van der Waals surface area contributed by atoms with Crippen LogP contribution in [-0.2, 0) is 6.42 Å². The summed E-state index contributed by atoms with van der Waals surface area (Å²) in [6.07, 6.45) is 1.49. The molecule has 106 valence electrons. The van der Waals surface area contributed by atoms with Crippen LogP contribution >= 0.6 is 15.9 Å². The van der Waals surface area contributed by atoms with E-state index in [2.05, 4.69) is 31.2 Å². The van der Waals surface area contributed by atoms with Crippen LogP contribution < -0.4 is 5.32 Å². The highest BCUT2D eigenvalue weighted by molar-refractivity contribution is 9.10. The molecule has 0 unspecified atom stereocenters. The monoisotopic (exact) mass is 337 g/mol. The number of aryl methyl sites for hydroxylation is 1. The smallest absolute Gasteiger partial charge is 0.186 e. The van der Waals surface area contributed by atoms with Gasteiger partial charge in [-0.1, -0.05) is 41.1 Å². The average Bonchev–Trinajstić information content (AvgIpc) is 2.43. The van der Waals surface area contributed by atoms with Crippen LogP contribution in [0.4, 0.5) is 10.2 Å². The van der Waals surface area contributed by atoms with Crippen LogP contribution in [0.1, 0.15) is 30.4 Å². The van der Waals surface area contributed by atoms with Gasteiger partial charge in [0.15, 0.2) is 11.6 Å². The molecule has 1 aromatic carbocycles. The molecule has 0 bridgehead atoms. The van der Waals surface area contributed by atoms with Crippen molar-refractivity contribution >= 4 is 21.7 Å². The van der Waals surface area contributed by atoms with Gasteiger partial charge in [-0.05, 0) is 25.0 Å². The van der Waals surface area contributed by atoms with Crippen molar-refractivity contribution in [1.29, 1.82) is 0 Å². The fourth-order valence-electron chi connectivity index (χ4n) is 1.87. The summed E-state index contributed by atoms with van der Waals surface area (Å²) in [5.74, 6) is 0.546. The molecule has 0 atom stereocenters. The minimum atomic E-state index is -0.366. The molecule has 0 aliphatic heterocycles. The van der Waals surface area contributed by atoms with Gasteiger partial charge in [-0.15, -0.1) is 0 Å². The highest BCUT2D eigenvalue weighted by Gasteiger charge is 2.12. The minimum Gasteiger partial charge on any atom is -0.368 e. The number of rotatable bonds is 5. The maximum Gasteiger partial charge on any atom is 0.186 e. The van der Waals surface area contributed by atoms with Crippen LogP contribution in [0.3, 0.4) is 0 Å². The maximum absolute atomic E-state index is 13.9. The topological polar surface area (TPSA) is 37.8 Å². The fraction of sp³-hybridized carbons (Fsp3) is 0.333. The van der Waals surface area contributed by atoms with Crippen LogP contribution in [-0.4, -0.2) is 16.5 Å². The van der Waals surface area contributed by atoms with Gasteiger partial charge < -0.3 is 5.32 Å². The zero-order valence-corrected chi connectivity index (χ0v) is 13.2. The van der Waals surface area contributed by atoms with E-state index in [1.54, 1.807) is 6.92 Å². The Morgan fingerprint density at radius 1 is 1.25 bits per heavy atom. The predicted octanol–water partition coefficient (Wildman–Crippen LogP) is 4.10. The molecule has 0 amide bonds. The molecule has 0 aliphatic carbocycles. The molecule has 3 nitrogen and oxygen atoms in total. The first-order valence-corrected chi connectivity index (χ1v) is 7.41. The van der Waals surface area contributed by atoms with Crippen molar-refractivity contribution in [3.05, 3.63) is 51.6 Å². The van der Waals surface area contributed by atoms with Crippen LogP contribution in [0, 0.1) is 12.7 Å². The number of hydrogen-bond acceptors (Lipinski definition) is 3. The van der Waals surface area contributed by atoms with E-state index in [9.17, 15) is 4.39 Å². The van der Waals surface area contributed by atoms with E-state index < -0.39 is 0 Å². The molecule has 2 rings (SSSR count). The maximum atomic E-state index is 13.9. The molecule has 0 radical (unpaired) electrons. The van der Waals surface area contributed by atoms with E-state index in [0.717, 1.165) is 16.5 Å². The fourth-order valence-corrected chi connectivity index (χ4v) is 2.29. The lowest BCUT2D eigenvalue weighted by molar-refractivity contribution is 0.600. The molecule has 20 heavy (non-hydrogen) atoms. The van der Waals surface area contributed by atoms with Crippen molar-refractivity contribution in [2.24, 2.45) is 0 Å². The van der Waals surface area contributed by atoms with Gasteiger partial charge in [0, 0.05) is 17.4 Å². The van der Waals surface area contributed by atoms with E-state index in [4.69, 9.17) is 0 Å². The Morgan fingerprint density at radius 2 is 2.00 bits per heavy atom. The van der Waals surface area contributed by atoms with E-state index >= 15 is 0 Å².